The molecule has 0 aromatic heterocycles. The Balaban J connectivity index is 2.57. The van der Waals surface area contributed by atoms with E-state index in [2.05, 4.69) is 0 Å². The molecule has 1 nitrogen and oxygen atoms in total. The largest absolute Gasteiger partial charge is 0.388 e. The summed E-state index contributed by atoms with van der Waals surface area (Å²) in [5, 5.41) is 9.64. The van der Waals surface area contributed by atoms with E-state index < -0.39 is 17.7 Å². The summed E-state index contributed by atoms with van der Waals surface area (Å²) in [6, 6.07) is 2.22. The second kappa shape index (κ2) is 3.65. The van der Waals surface area contributed by atoms with Crippen molar-refractivity contribution in [2.45, 2.75) is 31.8 Å². The van der Waals surface area contributed by atoms with Gasteiger partial charge in [0.1, 0.15) is 11.6 Å². The van der Waals surface area contributed by atoms with Crippen molar-refractivity contribution < 1.29 is 13.9 Å². The molecule has 1 aliphatic carbocycles. The summed E-state index contributed by atoms with van der Waals surface area (Å²) in [6.07, 6.45) is 1.82. The van der Waals surface area contributed by atoms with Gasteiger partial charge in [-0.3, -0.25) is 0 Å². The molecule has 0 saturated carbocycles. The van der Waals surface area contributed by atoms with Gasteiger partial charge in [0, 0.05) is 5.56 Å². The lowest BCUT2D eigenvalue weighted by molar-refractivity contribution is 0.161. The zero-order chi connectivity index (χ0) is 10.1. The number of benzene rings is 1. The average Bonchev–Trinajstić information content (AvgIpc) is 2.35. The maximum Gasteiger partial charge on any atom is 0.129 e. The van der Waals surface area contributed by atoms with E-state index in [1.54, 1.807) is 0 Å². The van der Waals surface area contributed by atoms with Gasteiger partial charge in [0.05, 0.1) is 6.10 Å². The van der Waals surface area contributed by atoms with Gasteiger partial charge in [0.2, 0.25) is 0 Å². The molecule has 0 fully saturated rings. The Bertz CT molecular complexity index is 349. The highest BCUT2D eigenvalue weighted by molar-refractivity contribution is 5.33. The first-order chi connectivity index (χ1) is 6.70. The Hall–Kier alpha value is -0.960. The zero-order valence-electron chi connectivity index (χ0n) is 7.76. The second-order valence-electron chi connectivity index (χ2n) is 3.68. The van der Waals surface area contributed by atoms with Crippen LogP contribution >= 0.6 is 0 Å². The Morgan fingerprint density at radius 1 is 1.14 bits per heavy atom. The lowest BCUT2D eigenvalue weighted by atomic mass is 10.00. The number of halogens is 2. The third-order valence-corrected chi connectivity index (χ3v) is 2.73. The van der Waals surface area contributed by atoms with Crippen LogP contribution in [0.3, 0.4) is 0 Å². The zero-order valence-corrected chi connectivity index (χ0v) is 7.76. The fourth-order valence-electron chi connectivity index (χ4n) is 2.01. The first-order valence-corrected chi connectivity index (χ1v) is 4.85. The Morgan fingerprint density at radius 2 is 1.86 bits per heavy atom. The molecule has 2 rings (SSSR count). The van der Waals surface area contributed by atoms with Crippen molar-refractivity contribution >= 4 is 0 Å². The maximum absolute atomic E-state index is 13.4. The molecule has 1 atom stereocenters. The van der Waals surface area contributed by atoms with E-state index in [0.29, 0.717) is 18.4 Å². The topological polar surface area (TPSA) is 20.2 Å². The van der Waals surface area contributed by atoms with E-state index in [1.807, 2.05) is 0 Å². The fraction of sp³-hybridized carbons (Fsp3) is 0.455. The van der Waals surface area contributed by atoms with Gasteiger partial charge < -0.3 is 5.11 Å². The van der Waals surface area contributed by atoms with Crippen LogP contribution in [0.15, 0.2) is 12.1 Å². The predicted octanol–water partition coefficient (Wildman–Crippen LogP) is 2.72. The Kier molecular flexibility index (Phi) is 2.50. The van der Waals surface area contributed by atoms with Crippen molar-refractivity contribution in [1.82, 2.24) is 0 Å². The van der Waals surface area contributed by atoms with Gasteiger partial charge in [-0.2, -0.15) is 0 Å². The Morgan fingerprint density at radius 3 is 2.64 bits per heavy atom. The molecule has 1 N–H and O–H groups in total. The molecule has 0 bridgehead atoms. The molecular weight excluding hydrogens is 186 g/mol. The minimum absolute atomic E-state index is 0.169. The molecule has 0 radical (unpaired) electrons. The van der Waals surface area contributed by atoms with Gasteiger partial charge in [-0.05, 0) is 37.0 Å². The molecule has 3 heteroatoms. The highest BCUT2D eigenvalue weighted by atomic mass is 19.1. The molecular formula is C11H12F2O. The summed E-state index contributed by atoms with van der Waals surface area (Å²) in [4.78, 5) is 0. The summed E-state index contributed by atoms with van der Waals surface area (Å²) in [7, 11) is 0. The van der Waals surface area contributed by atoms with Crippen molar-refractivity contribution in [3.8, 4) is 0 Å². The van der Waals surface area contributed by atoms with Crippen LogP contribution in [0.1, 0.15) is 36.5 Å². The molecule has 14 heavy (non-hydrogen) atoms. The molecule has 1 aromatic carbocycles. The van der Waals surface area contributed by atoms with Crippen LogP contribution in [0.25, 0.3) is 0 Å². The van der Waals surface area contributed by atoms with Crippen LogP contribution in [0.4, 0.5) is 8.78 Å². The molecule has 1 aliphatic rings. The van der Waals surface area contributed by atoms with E-state index in [1.165, 1.54) is 0 Å². The number of aliphatic hydroxyl groups is 1. The van der Waals surface area contributed by atoms with Gasteiger partial charge in [-0.1, -0.05) is 6.42 Å². The molecule has 0 amide bonds. The number of aliphatic hydroxyl groups excluding tert-OH is 1. The molecule has 1 aromatic rings. The molecule has 76 valence electrons. The van der Waals surface area contributed by atoms with Gasteiger partial charge in [-0.25, -0.2) is 8.78 Å². The van der Waals surface area contributed by atoms with Crippen LogP contribution in [0, 0.1) is 11.6 Å². The van der Waals surface area contributed by atoms with Crippen LogP contribution in [0.2, 0.25) is 0 Å². The molecule has 0 heterocycles. The predicted molar refractivity (Wildman–Crippen MR) is 48.9 cm³/mol. The summed E-state index contributed by atoms with van der Waals surface area (Å²) in [6.45, 7) is 0. The third-order valence-electron chi connectivity index (χ3n) is 2.73. The normalized spacial score (nSPS) is 21.5. The highest BCUT2D eigenvalue weighted by Crippen LogP contribution is 2.31. The lowest BCUT2D eigenvalue weighted by Gasteiger charge is -2.12. The summed E-state index contributed by atoms with van der Waals surface area (Å²) in [5.41, 5.74) is 0.525. The van der Waals surface area contributed by atoms with Crippen LogP contribution in [0.5, 0.6) is 0 Å². The number of hydrogen-bond donors (Lipinski definition) is 1. The van der Waals surface area contributed by atoms with E-state index in [0.717, 1.165) is 25.0 Å². The van der Waals surface area contributed by atoms with Gasteiger partial charge >= 0.3 is 0 Å². The number of rotatable bonds is 0. The van der Waals surface area contributed by atoms with E-state index >= 15 is 0 Å². The van der Waals surface area contributed by atoms with Crippen LogP contribution < -0.4 is 0 Å². The standard InChI is InChI=1S/C11H12F2O/c12-8-5-6-9(13)11-7(8)3-1-2-4-10(11)14/h5-6,10,14H,1-4H2/t10-/m1/s1. The first-order valence-electron chi connectivity index (χ1n) is 4.85. The lowest BCUT2D eigenvalue weighted by Crippen LogP contribution is -2.04. The van der Waals surface area contributed by atoms with E-state index in [4.69, 9.17) is 0 Å². The van der Waals surface area contributed by atoms with Crippen molar-refractivity contribution in [2.24, 2.45) is 0 Å². The molecule has 0 aliphatic heterocycles. The molecule has 0 saturated heterocycles. The van der Waals surface area contributed by atoms with Crippen molar-refractivity contribution in [3.05, 3.63) is 34.9 Å². The molecule has 0 unspecified atom stereocenters. The van der Waals surface area contributed by atoms with Crippen LogP contribution in [-0.4, -0.2) is 5.11 Å². The number of fused-ring (bicyclic) bond motifs is 1. The van der Waals surface area contributed by atoms with E-state index in [-0.39, 0.29) is 5.56 Å². The van der Waals surface area contributed by atoms with Crippen molar-refractivity contribution in [3.63, 3.8) is 0 Å². The fourth-order valence-corrected chi connectivity index (χ4v) is 2.01. The molecule has 0 spiro atoms. The van der Waals surface area contributed by atoms with Crippen LogP contribution in [-0.2, 0) is 6.42 Å². The summed E-state index contributed by atoms with van der Waals surface area (Å²) >= 11 is 0. The first kappa shape index (κ1) is 9.59. The smallest absolute Gasteiger partial charge is 0.129 e. The van der Waals surface area contributed by atoms with Gasteiger partial charge in [0.15, 0.2) is 0 Å². The average molecular weight is 198 g/mol. The van der Waals surface area contributed by atoms with E-state index in [9.17, 15) is 13.9 Å². The monoisotopic (exact) mass is 198 g/mol. The van der Waals surface area contributed by atoms with Crippen molar-refractivity contribution in [2.75, 3.05) is 0 Å². The van der Waals surface area contributed by atoms with Gasteiger partial charge in [0.25, 0.3) is 0 Å². The SMILES string of the molecule is O[C@@H]1CCCCc2c(F)ccc(F)c21. The quantitative estimate of drug-likeness (QED) is 0.635. The highest BCUT2D eigenvalue weighted by Gasteiger charge is 2.22. The second-order valence-corrected chi connectivity index (χ2v) is 3.68. The minimum Gasteiger partial charge on any atom is -0.388 e. The van der Waals surface area contributed by atoms with Gasteiger partial charge in [-0.15, -0.1) is 0 Å². The third kappa shape index (κ3) is 1.52. The summed E-state index contributed by atoms with van der Waals surface area (Å²) < 4.78 is 26.7. The minimum atomic E-state index is -0.844. The maximum atomic E-state index is 13.4. The Labute approximate surface area is 81.4 Å². The number of hydrogen-bond acceptors (Lipinski definition) is 1. The summed E-state index contributed by atoms with van der Waals surface area (Å²) in [5.74, 6) is -0.891. The van der Waals surface area contributed by atoms with Crippen molar-refractivity contribution in [1.29, 1.82) is 0 Å².